The minimum Gasteiger partial charge on any atom is -0.325 e. The van der Waals surface area contributed by atoms with Gasteiger partial charge in [0.25, 0.3) is 10.0 Å². The van der Waals surface area contributed by atoms with Gasteiger partial charge in [0.1, 0.15) is 11.4 Å². The molecule has 0 saturated carbocycles. The van der Waals surface area contributed by atoms with E-state index in [1.807, 2.05) is 13.8 Å². The van der Waals surface area contributed by atoms with E-state index in [0.717, 1.165) is 34.1 Å². The SMILES string of the molecule is Cc1nn(C)c(C)c1S(=O)(=O)N(CC(=O)Nc1ccc(C(F)(F)F)cc1)c1ccc(C(C)C)cc1. The molecule has 0 saturated heterocycles. The van der Waals surface area contributed by atoms with Gasteiger partial charge >= 0.3 is 6.18 Å². The number of halogens is 3. The maximum Gasteiger partial charge on any atom is 0.416 e. The summed E-state index contributed by atoms with van der Waals surface area (Å²) in [6.45, 7) is 6.61. The molecule has 0 fully saturated rings. The molecule has 3 aromatic rings. The standard InChI is InChI=1S/C24H27F3N4O3S/c1-15(2)18-6-12-21(13-7-18)31(35(33,34)23-16(3)29-30(5)17(23)4)14-22(32)28-20-10-8-19(9-11-20)24(25,26)27/h6-13,15H,14H2,1-5H3,(H,28,32). The highest BCUT2D eigenvalue weighted by atomic mass is 32.2. The number of anilines is 2. The van der Waals surface area contributed by atoms with Crippen molar-refractivity contribution in [2.45, 2.75) is 44.7 Å². The molecule has 3 rings (SSSR count). The van der Waals surface area contributed by atoms with Crippen molar-refractivity contribution in [2.24, 2.45) is 7.05 Å². The Morgan fingerprint density at radius 3 is 2.09 bits per heavy atom. The smallest absolute Gasteiger partial charge is 0.325 e. The van der Waals surface area contributed by atoms with Gasteiger partial charge in [-0.1, -0.05) is 26.0 Å². The lowest BCUT2D eigenvalue weighted by molar-refractivity contribution is -0.137. The molecule has 188 valence electrons. The Labute approximate surface area is 202 Å². The second-order valence-corrected chi connectivity index (χ2v) is 10.3. The predicted octanol–water partition coefficient (Wildman–Crippen LogP) is 5.01. The molecule has 1 heterocycles. The molecule has 0 bridgehead atoms. The third-order valence-corrected chi connectivity index (χ3v) is 7.65. The summed E-state index contributed by atoms with van der Waals surface area (Å²) in [5.41, 5.74) is 1.23. The van der Waals surface area contributed by atoms with Gasteiger partial charge in [0.05, 0.1) is 22.6 Å². The summed E-state index contributed by atoms with van der Waals surface area (Å²) in [4.78, 5) is 12.8. The summed E-state index contributed by atoms with van der Waals surface area (Å²) in [7, 11) is -2.58. The van der Waals surface area contributed by atoms with Crippen molar-refractivity contribution in [2.75, 3.05) is 16.2 Å². The third kappa shape index (κ3) is 5.67. The Morgan fingerprint density at radius 1 is 1.06 bits per heavy atom. The number of carbonyl (C=O) groups is 1. The van der Waals surface area contributed by atoms with Gasteiger partial charge in [0, 0.05) is 12.7 Å². The van der Waals surface area contributed by atoms with Crippen LogP contribution >= 0.6 is 0 Å². The zero-order chi connectivity index (χ0) is 26.1. The molecule has 0 unspecified atom stereocenters. The van der Waals surface area contributed by atoms with Crippen molar-refractivity contribution >= 4 is 27.3 Å². The van der Waals surface area contributed by atoms with E-state index in [4.69, 9.17) is 0 Å². The van der Waals surface area contributed by atoms with Gasteiger partial charge in [-0.15, -0.1) is 0 Å². The average molecular weight is 509 g/mol. The Kier molecular flexibility index (Phi) is 7.30. The number of nitrogens with zero attached hydrogens (tertiary/aromatic N) is 3. The van der Waals surface area contributed by atoms with E-state index >= 15 is 0 Å². The predicted molar refractivity (Wildman–Crippen MR) is 128 cm³/mol. The summed E-state index contributed by atoms with van der Waals surface area (Å²) in [6.07, 6.45) is -4.50. The minimum atomic E-state index is -4.50. The molecule has 0 aliphatic carbocycles. The fraction of sp³-hybridized carbons (Fsp3) is 0.333. The van der Waals surface area contributed by atoms with Gasteiger partial charge in [-0.05, 0) is 61.7 Å². The van der Waals surface area contributed by atoms with Crippen molar-refractivity contribution in [1.29, 1.82) is 0 Å². The molecule has 2 aromatic carbocycles. The molecular formula is C24H27F3N4O3S. The lowest BCUT2D eigenvalue weighted by Crippen LogP contribution is -2.38. The summed E-state index contributed by atoms with van der Waals surface area (Å²) < 4.78 is 68.3. The van der Waals surface area contributed by atoms with Crippen LogP contribution in [0.3, 0.4) is 0 Å². The number of rotatable bonds is 7. The number of benzene rings is 2. The van der Waals surface area contributed by atoms with Crippen LogP contribution in [0.5, 0.6) is 0 Å². The number of alkyl halides is 3. The number of hydrogen-bond donors (Lipinski definition) is 1. The van der Waals surface area contributed by atoms with Gasteiger partial charge in [0.15, 0.2) is 0 Å². The van der Waals surface area contributed by atoms with Crippen LogP contribution in [-0.2, 0) is 28.0 Å². The number of amides is 1. The van der Waals surface area contributed by atoms with Crippen molar-refractivity contribution in [1.82, 2.24) is 9.78 Å². The second kappa shape index (κ2) is 9.73. The molecule has 0 spiro atoms. The van der Waals surface area contributed by atoms with Crippen LogP contribution in [0.4, 0.5) is 24.5 Å². The maximum atomic E-state index is 13.7. The summed E-state index contributed by atoms with van der Waals surface area (Å²) >= 11 is 0. The minimum absolute atomic E-state index is 0.00438. The Hall–Kier alpha value is -3.34. The van der Waals surface area contributed by atoms with E-state index in [0.29, 0.717) is 5.69 Å². The van der Waals surface area contributed by atoms with Crippen LogP contribution in [-0.4, -0.2) is 30.7 Å². The van der Waals surface area contributed by atoms with E-state index in [2.05, 4.69) is 10.4 Å². The number of sulfonamides is 1. The van der Waals surface area contributed by atoms with Crippen LogP contribution in [0.25, 0.3) is 0 Å². The number of hydrogen-bond acceptors (Lipinski definition) is 4. The van der Waals surface area contributed by atoms with Crippen molar-refractivity contribution in [3.63, 3.8) is 0 Å². The highest BCUT2D eigenvalue weighted by Crippen LogP contribution is 2.31. The highest BCUT2D eigenvalue weighted by molar-refractivity contribution is 7.93. The molecule has 1 amide bonds. The summed E-state index contributed by atoms with van der Waals surface area (Å²) in [6, 6.07) is 10.8. The van der Waals surface area contributed by atoms with Crippen LogP contribution in [0.15, 0.2) is 53.4 Å². The van der Waals surface area contributed by atoms with E-state index in [1.165, 1.54) is 4.68 Å². The Morgan fingerprint density at radius 2 is 1.63 bits per heavy atom. The average Bonchev–Trinajstić information content (AvgIpc) is 3.03. The quantitative estimate of drug-likeness (QED) is 0.486. The molecule has 1 aromatic heterocycles. The molecule has 35 heavy (non-hydrogen) atoms. The van der Waals surface area contributed by atoms with Crippen LogP contribution in [0.2, 0.25) is 0 Å². The molecule has 11 heteroatoms. The van der Waals surface area contributed by atoms with Gasteiger partial charge < -0.3 is 5.32 Å². The van der Waals surface area contributed by atoms with Crippen molar-refractivity contribution in [3.05, 3.63) is 71.0 Å². The molecule has 1 N–H and O–H groups in total. The number of nitrogens with one attached hydrogen (secondary N) is 1. The van der Waals surface area contributed by atoms with Crippen molar-refractivity contribution < 1.29 is 26.4 Å². The molecular weight excluding hydrogens is 481 g/mol. The zero-order valence-corrected chi connectivity index (χ0v) is 20.8. The van der Waals surface area contributed by atoms with E-state index in [1.54, 1.807) is 45.2 Å². The first-order valence-electron chi connectivity index (χ1n) is 10.8. The van der Waals surface area contributed by atoms with Gasteiger partial charge in [-0.3, -0.25) is 13.8 Å². The molecule has 0 radical (unpaired) electrons. The normalized spacial score (nSPS) is 12.1. The van der Waals surface area contributed by atoms with Gasteiger partial charge in [-0.25, -0.2) is 8.42 Å². The third-order valence-electron chi connectivity index (χ3n) is 5.62. The molecule has 0 aliphatic rings. The fourth-order valence-corrected chi connectivity index (χ4v) is 5.48. The topological polar surface area (TPSA) is 84.3 Å². The monoisotopic (exact) mass is 508 g/mol. The first kappa shape index (κ1) is 26.3. The summed E-state index contributed by atoms with van der Waals surface area (Å²) in [5.74, 6) is -0.486. The first-order valence-corrected chi connectivity index (χ1v) is 12.3. The van der Waals surface area contributed by atoms with Crippen LogP contribution in [0.1, 0.15) is 42.3 Å². The van der Waals surface area contributed by atoms with E-state index in [9.17, 15) is 26.4 Å². The van der Waals surface area contributed by atoms with E-state index in [-0.39, 0.29) is 27.9 Å². The maximum absolute atomic E-state index is 13.7. The first-order chi connectivity index (χ1) is 16.2. The largest absolute Gasteiger partial charge is 0.416 e. The summed E-state index contributed by atoms with van der Waals surface area (Å²) in [5, 5.41) is 6.66. The van der Waals surface area contributed by atoms with E-state index < -0.39 is 34.2 Å². The Balaban J connectivity index is 1.96. The second-order valence-electron chi connectivity index (χ2n) is 8.50. The zero-order valence-electron chi connectivity index (χ0n) is 20.0. The highest BCUT2D eigenvalue weighted by Gasteiger charge is 2.33. The van der Waals surface area contributed by atoms with Gasteiger partial charge in [-0.2, -0.15) is 18.3 Å². The number of aromatic nitrogens is 2. The van der Waals surface area contributed by atoms with Crippen LogP contribution < -0.4 is 9.62 Å². The van der Waals surface area contributed by atoms with Crippen LogP contribution in [0, 0.1) is 13.8 Å². The molecule has 0 atom stereocenters. The molecule has 7 nitrogen and oxygen atoms in total. The fourth-order valence-electron chi connectivity index (χ4n) is 3.65. The Bertz CT molecular complexity index is 1310. The van der Waals surface area contributed by atoms with Crippen molar-refractivity contribution in [3.8, 4) is 0 Å². The molecule has 0 aliphatic heterocycles. The lowest BCUT2D eigenvalue weighted by Gasteiger charge is -2.25. The number of aryl methyl sites for hydroxylation is 2. The lowest BCUT2D eigenvalue weighted by atomic mass is 10.0. The van der Waals surface area contributed by atoms with Gasteiger partial charge in [0.2, 0.25) is 5.91 Å². The number of carbonyl (C=O) groups excluding carboxylic acids is 1.